The predicted octanol–water partition coefficient (Wildman–Crippen LogP) is 4.03. The van der Waals surface area contributed by atoms with E-state index in [0.717, 1.165) is 11.8 Å². The van der Waals surface area contributed by atoms with Crippen LogP contribution in [0.5, 0.6) is 5.75 Å². The third kappa shape index (κ3) is 4.18. The summed E-state index contributed by atoms with van der Waals surface area (Å²) in [4.78, 5) is 8.54. The lowest BCUT2D eigenvalue weighted by atomic mass is 10.2. The standard InChI is InChI=1S/C18H16ClFN4O2.H2S/c19-13-5-10(1-2-14(13)20)24-18-12-6-15(21)17(7-16(12)22-9-23-18)26-11-3-4-25-8-11;/h1-2,5-7,9,11H,3-4,8,21H2,(H,22,23,24);1H2/t11-;/m0./s1. The zero-order chi connectivity index (χ0) is 18.1. The number of nitrogens with one attached hydrogen (secondary N) is 1. The third-order valence-corrected chi connectivity index (χ3v) is 4.42. The molecule has 27 heavy (non-hydrogen) atoms. The van der Waals surface area contributed by atoms with Crippen molar-refractivity contribution in [3.63, 3.8) is 0 Å². The first kappa shape index (κ1) is 19.5. The molecule has 0 amide bonds. The van der Waals surface area contributed by atoms with E-state index in [4.69, 9.17) is 26.8 Å². The Morgan fingerprint density at radius 1 is 1.26 bits per heavy atom. The number of anilines is 3. The second kappa shape index (κ2) is 8.16. The molecule has 0 bridgehead atoms. The summed E-state index contributed by atoms with van der Waals surface area (Å²) in [5.41, 5.74) is 7.93. The monoisotopic (exact) mass is 408 g/mol. The Kier molecular flexibility index (Phi) is 5.88. The number of hydrogen-bond donors (Lipinski definition) is 2. The Morgan fingerprint density at radius 2 is 2.11 bits per heavy atom. The van der Waals surface area contributed by atoms with E-state index >= 15 is 0 Å². The van der Waals surface area contributed by atoms with Crippen molar-refractivity contribution < 1.29 is 13.9 Å². The Bertz CT molecular complexity index is 969. The summed E-state index contributed by atoms with van der Waals surface area (Å²) in [5, 5.41) is 3.87. The topological polar surface area (TPSA) is 82.3 Å². The SMILES string of the molecule is Nc1cc2c(Nc3ccc(F)c(Cl)c3)ncnc2cc1O[C@H]1CCOC1.S. The number of fused-ring (bicyclic) bond motifs is 1. The molecule has 0 radical (unpaired) electrons. The van der Waals surface area contributed by atoms with Crippen LogP contribution in [-0.2, 0) is 4.74 Å². The van der Waals surface area contributed by atoms with E-state index in [2.05, 4.69) is 15.3 Å². The molecule has 1 aliphatic heterocycles. The third-order valence-electron chi connectivity index (χ3n) is 4.13. The van der Waals surface area contributed by atoms with Gasteiger partial charge < -0.3 is 20.5 Å². The van der Waals surface area contributed by atoms with Crippen molar-refractivity contribution >= 4 is 53.2 Å². The molecule has 9 heteroatoms. The van der Waals surface area contributed by atoms with Crippen molar-refractivity contribution in [2.24, 2.45) is 0 Å². The number of nitrogen functional groups attached to an aromatic ring is 1. The molecule has 4 rings (SSSR count). The number of halogens is 2. The van der Waals surface area contributed by atoms with Crippen molar-refractivity contribution in [1.82, 2.24) is 9.97 Å². The Hall–Kier alpha value is -2.29. The molecule has 1 atom stereocenters. The van der Waals surface area contributed by atoms with Gasteiger partial charge in [0.2, 0.25) is 0 Å². The second-order valence-electron chi connectivity index (χ2n) is 5.99. The van der Waals surface area contributed by atoms with Crippen molar-refractivity contribution in [2.75, 3.05) is 24.3 Å². The molecule has 1 aliphatic rings. The minimum absolute atomic E-state index is 0. The first-order valence-corrected chi connectivity index (χ1v) is 8.48. The lowest BCUT2D eigenvalue weighted by molar-refractivity contribution is 0.142. The number of nitrogens with two attached hydrogens (primary N) is 1. The number of rotatable bonds is 4. The van der Waals surface area contributed by atoms with Crippen LogP contribution in [0.25, 0.3) is 10.9 Å². The van der Waals surface area contributed by atoms with Gasteiger partial charge in [-0.25, -0.2) is 14.4 Å². The first-order chi connectivity index (χ1) is 12.6. The molecule has 0 saturated carbocycles. The fraction of sp³-hybridized carbons (Fsp3) is 0.222. The van der Waals surface area contributed by atoms with Crippen LogP contribution in [0.2, 0.25) is 5.02 Å². The molecule has 1 saturated heterocycles. The maximum absolute atomic E-state index is 13.3. The highest BCUT2D eigenvalue weighted by Crippen LogP contribution is 2.33. The van der Waals surface area contributed by atoms with Crippen LogP contribution in [0.4, 0.5) is 21.6 Å². The van der Waals surface area contributed by atoms with Gasteiger partial charge in [-0.2, -0.15) is 13.5 Å². The van der Waals surface area contributed by atoms with Gasteiger partial charge in [-0.1, -0.05) is 11.6 Å². The summed E-state index contributed by atoms with van der Waals surface area (Å²) in [7, 11) is 0. The van der Waals surface area contributed by atoms with Crippen LogP contribution in [0.15, 0.2) is 36.7 Å². The van der Waals surface area contributed by atoms with Crippen molar-refractivity contribution in [3.8, 4) is 5.75 Å². The van der Waals surface area contributed by atoms with Gasteiger partial charge in [-0.15, -0.1) is 0 Å². The summed E-state index contributed by atoms with van der Waals surface area (Å²) in [6.45, 7) is 1.24. The lowest BCUT2D eigenvalue weighted by Gasteiger charge is -2.15. The molecular formula is C18H18ClFN4O2S. The van der Waals surface area contributed by atoms with E-state index in [1.54, 1.807) is 18.2 Å². The van der Waals surface area contributed by atoms with Crippen LogP contribution >= 0.6 is 25.1 Å². The largest absolute Gasteiger partial charge is 0.486 e. The highest BCUT2D eigenvalue weighted by molar-refractivity contribution is 7.59. The van der Waals surface area contributed by atoms with E-state index in [1.807, 2.05) is 0 Å². The van der Waals surface area contributed by atoms with Gasteiger partial charge in [0.15, 0.2) is 0 Å². The van der Waals surface area contributed by atoms with Gasteiger partial charge in [-0.3, -0.25) is 0 Å². The summed E-state index contributed by atoms with van der Waals surface area (Å²) < 4.78 is 24.6. The van der Waals surface area contributed by atoms with Crippen molar-refractivity contribution in [1.29, 1.82) is 0 Å². The summed E-state index contributed by atoms with van der Waals surface area (Å²) >= 11 is 5.83. The predicted molar refractivity (Wildman–Crippen MR) is 109 cm³/mol. The quantitative estimate of drug-likeness (QED) is 0.634. The fourth-order valence-corrected chi connectivity index (χ4v) is 2.98. The van der Waals surface area contributed by atoms with Gasteiger partial charge in [-0.05, 0) is 24.3 Å². The van der Waals surface area contributed by atoms with Crippen LogP contribution in [0.3, 0.4) is 0 Å². The molecule has 6 nitrogen and oxygen atoms in total. The fourth-order valence-electron chi connectivity index (χ4n) is 2.80. The lowest BCUT2D eigenvalue weighted by Crippen LogP contribution is -2.16. The highest BCUT2D eigenvalue weighted by atomic mass is 35.5. The van der Waals surface area contributed by atoms with Gasteiger partial charge in [0.25, 0.3) is 0 Å². The van der Waals surface area contributed by atoms with Crippen molar-refractivity contribution in [3.05, 3.63) is 47.5 Å². The molecule has 1 fully saturated rings. The van der Waals surface area contributed by atoms with Gasteiger partial charge in [0, 0.05) is 23.6 Å². The minimum Gasteiger partial charge on any atom is -0.486 e. The molecular weight excluding hydrogens is 391 g/mol. The van der Waals surface area contributed by atoms with E-state index in [1.165, 1.54) is 18.5 Å². The molecule has 142 valence electrons. The molecule has 1 aromatic heterocycles. The summed E-state index contributed by atoms with van der Waals surface area (Å²) in [5.74, 6) is 0.634. The zero-order valence-corrected chi connectivity index (χ0v) is 16.0. The maximum Gasteiger partial charge on any atom is 0.144 e. The molecule has 3 N–H and O–H groups in total. The Balaban J connectivity index is 0.00000210. The van der Waals surface area contributed by atoms with Gasteiger partial charge >= 0.3 is 0 Å². The Labute approximate surface area is 167 Å². The van der Waals surface area contributed by atoms with Gasteiger partial charge in [0.1, 0.15) is 29.8 Å². The number of nitrogens with zero attached hydrogens (tertiary/aromatic N) is 2. The number of aromatic nitrogens is 2. The second-order valence-corrected chi connectivity index (χ2v) is 6.39. The average molecular weight is 409 g/mol. The molecule has 3 aromatic rings. The number of benzene rings is 2. The highest BCUT2D eigenvalue weighted by Gasteiger charge is 2.19. The maximum atomic E-state index is 13.3. The van der Waals surface area contributed by atoms with Crippen LogP contribution in [0, 0.1) is 5.82 Å². The van der Waals surface area contributed by atoms with E-state index < -0.39 is 5.82 Å². The zero-order valence-electron chi connectivity index (χ0n) is 14.2. The average Bonchev–Trinajstić information content (AvgIpc) is 3.13. The molecule has 0 aliphatic carbocycles. The van der Waals surface area contributed by atoms with Crippen molar-refractivity contribution in [2.45, 2.75) is 12.5 Å². The molecule has 2 heterocycles. The summed E-state index contributed by atoms with van der Waals surface area (Å²) in [6.07, 6.45) is 2.27. The van der Waals surface area contributed by atoms with Crippen LogP contribution < -0.4 is 15.8 Å². The Morgan fingerprint density at radius 3 is 2.85 bits per heavy atom. The van der Waals surface area contributed by atoms with Crippen LogP contribution in [0.1, 0.15) is 6.42 Å². The van der Waals surface area contributed by atoms with Gasteiger partial charge in [0.05, 0.1) is 29.4 Å². The van der Waals surface area contributed by atoms with E-state index in [0.29, 0.717) is 41.7 Å². The van der Waals surface area contributed by atoms with E-state index in [-0.39, 0.29) is 24.6 Å². The smallest absolute Gasteiger partial charge is 0.144 e. The summed E-state index contributed by atoms with van der Waals surface area (Å²) in [6, 6.07) is 7.90. The molecule has 0 unspecified atom stereocenters. The number of ether oxygens (including phenoxy) is 2. The number of hydrogen-bond acceptors (Lipinski definition) is 6. The minimum atomic E-state index is -0.480. The molecule has 2 aromatic carbocycles. The van der Waals surface area contributed by atoms with E-state index in [9.17, 15) is 4.39 Å². The first-order valence-electron chi connectivity index (χ1n) is 8.11. The molecule has 0 spiro atoms. The van der Waals surface area contributed by atoms with Crippen LogP contribution in [-0.4, -0.2) is 29.3 Å². The normalized spacial score (nSPS) is 16.1.